The van der Waals surface area contributed by atoms with Gasteiger partial charge in [-0.3, -0.25) is 9.36 Å². The van der Waals surface area contributed by atoms with Gasteiger partial charge in [-0.15, -0.1) is 5.10 Å². The quantitative estimate of drug-likeness (QED) is 0.674. The van der Waals surface area contributed by atoms with Crippen LogP contribution in [0.2, 0.25) is 0 Å². The van der Waals surface area contributed by atoms with Gasteiger partial charge < -0.3 is 0 Å². The fraction of sp³-hybridized carbons (Fsp3) is 0.0833. The highest BCUT2D eigenvalue weighted by Gasteiger charge is 2.09. The zero-order valence-electron chi connectivity index (χ0n) is 9.62. The Morgan fingerprint density at radius 3 is 2.72 bits per heavy atom. The highest BCUT2D eigenvalue weighted by atomic mass is 16.2. The van der Waals surface area contributed by atoms with Crippen molar-refractivity contribution < 1.29 is 0 Å². The summed E-state index contributed by atoms with van der Waals surface area (Å²) >= 11 is 0. The highest BCUT2D eigenvalue weighted by Crippen LogP contribution is 2.10. The summed E-state index contributed by atoms with van der Waals surface area (Å²) in [6, 6.07) is 7.53. The minimum atomic E-state index is -0.418. The first-order valence-electron chi connectivity index (χ1n) is 5.43. The van der Waals surface area contributed by atoms with E-state index < -0.39 is 5.69 Å². The fourth-order valence-electron chi connectivity index (χ4n) is 1.93. The van der Waals surface area contributed by atoms with Crippen LogP contribution in [0, 0.1) is 6.92 Å². The van der Waals surface area contributed by atoms with E-state index >= 15 is 0 Å². The Morgan fingerprint density at radius 2 is 1.94 bits per heavy atom. The van der Waals surface area contributed by atoms with E-state index in [4.69, 9.17) is 0 Å². The number of hydrogen-bond acceptors (Lipinski definition) is 3. The summed E-state index contributed by atoms with van der Waals surface area (Å²) in [6.45, 7) is 1.92. The molecule has 3 aromatic rings. The largest absolute Gasteiger partial charge is 0.347 e. The van der Waals surface area contributed by atoms with Crippen molar-refractivity contribution in [2.24, 2.45) is 0 Å². The van der Waals surface area contributed by atoms with Gasteiger partial charge in [-0.1, -0.05) is 18.2 Å². The van der Waals surface area contributed by atoms with E-state index in [-0.39, 0.29) is 11.2 Å². The maximum atomic E-state index is 12.2. The van der Waals surface area contributed by atoms with Gasteiger partial charge in [0, 0.05) is 12.4 Å². The smallest absolute Gasteiger partial charge is 0.279 e. The Morgan fingerprint density at radius 1 is 1.17 bits per heavy atom. The molecule has 0 amide bonds. The SMILES string of the molecule is Cc1ccccc1-n1ccn2c(=O)[nH]nc2c1=O. The molecule has 0 fully saturated rings. The van der Waals surface area contributed by atoms with E-state index in [0.29, 0.717) is 0 Å². The van der Waals surface area contributed by atoms with Crippen molar-refractivity contribution in [1.29, 1.82) is 0 Å². The summed E-state index contributed by atoms with van der Waals surface area (Å²) in [7, 11) is 0. The maximum absolute atomic E-state index is 12.2. The van der Waals surface area contributed by atoms with Gasteiger partial charge >= 0.3 is 11.2 Å². The summed E-state index contributed by atoms with van der Waals surface area (Å²) in [5.74, 6) is 0. The Kier molecular flexibility index (Phi) is 2.16. The summed E-state index contributed by atoms with van der Waals surface area (Å²) in [4.78, 5) is 23.6. The first-order valence-corrected chi connectivity index (χ1v) is 5.43. The number of aromatic amines is 1. The molecule has 90 valence electrons. The molecule has 2 heterocycles. The predicted molar refractivity (Wildman–Crippen MR) is 66.1 cm³/mol. The number of para-hydroxylation sites is 1. The lowest BCUT2D eigenvalue weighted by molar-refractivity contribution is 0.932. The normalized spacial score (nSPS) is 10.9. The Bertz CT molecular complexity index is 841. The van der Waals surface area contributed by atoms with Crippen LogP contribution in [0.4, 0.5) is 0 Å². The van der Waals surface area contributed by atoms with E-state index in [1.165, 1.54) is 15.2 Å². The molecule has 0 aliphatic carbocycles. The number of nitrogens with zero attached hydrogens (tertiary/aromatic N) is 3. The number of rotatable bonds is 1. The third kappa shape index (κ3) is 1.39. The van der Waals surface area contributed by atoms with Gasteiger partial charge in [0.2, 0.25) is 5.65 Å². The Balaban J connectivity index is 2.38. The second-order valence-electron chi connectivity index (χ2n) is 3.98. The van der Waals surface area contributed by atoms with Crippen LogP contribution in [-0.4, -0.2) is 19.2 Å². The molecule has 18 heavy (non-hydrogen) atoms. The maximum Gasteiger partial charge on any atom is 0.347 e. The number of hydrogen-bond donors (Lipinski definition) is 1. The van der Waals surface area contributed by atoms with Gasteiger partial charge in [-0.25, -0.2) is 14.3 Å². The van der Waals surface area contributed by atoms with Gasteiger partial charge in [-0.05, 0) is 18.6 Å². The molecule has 6 nitrogen and oxygen atoms in total. The molecule has 0 bridgehead atoms. The van der Waals surface area contributed by atoms with Crippen LogP contribution < -0.4 is 11.2 Å². The second kappa shape index (κ2) is 3.69. The molecule has 0 unspecified atom stereocenters. The standard InChI is InChI=1S/C12H10N4O2/c1-8-4-2-3-5-9(8)15-6-7-16-10(11(15)17)13-14-12(16)18/h2-7H,1H3,(H,14,18). The van der Waals surface area contributed by atoms with Crippen molar-refractivity contribution in [2.75, 3.05) is 0 Å². The molecular weight excluding hydrogens is 232 g/mol. The first-order chi connectivity index (χ1) is 8.68. The second-order valence-corrected chi connectivity index (χ2v) is 3.98. The van der Waals surface area contributed by atoms with Crippen LogP contribution in [0.15, 0.2) is 46.2 Å². The molecule has 0 saturated carbocycles. The molecule has 0 spiro atoms. The molecule has 3 rings (SSSR count). The number of fused-ring (bicyclic) bond motifs is 1. The minimum Gasteiger partial charge on any atom is -0.279 e. The number of benzene rings is 1. The van der Waals surface area contributed by atoms with Crippen molar-refractivity contribution in [3.8, 4) is 5.69 Å². The van der Waals surface area contributed by atoms with Crippen LogP contribution >= 0.6 is 0 Å². The average Bonchev–Trinajstić information content (AvgIpc) is 2.74. The predicted octanol–water partition coefficient (Wildman–Crippen LogP) is 0.482. The molecule has 0 atom stereocenters. The van der Waals surface area contributed by atoms with E-state index in [1.807, 2.05) is 31.2 Å². The summed E-state index contributed by atoms with van der Waals surface area (Å²) in [6.07, 6.45) is 3.09. The fourth-order valence-corrected chi connectivity index (χ4v) is 1.93. The molecule has 0 radical (unpaired) electrons. The highest BCUT2D eigenvalue weighted by molar-refractivity contribution is 5.43. The van der Waals surface area contributed by atoms with Gasteiger partial charge in [0.05, 0.1) is 5.69 Å². The summed E-state index contributed by atoms with van der Waals surface area (Å²) < 4.78 is 2.67. The van der Waals surface area contributed by atoms with Crippen LogP contribution in [0.1, 0.15) is 5.56 Å². The topological polar surface area (TPSA) is 72.2 Å². The lowest BCUT2D eigenvalue weighted by Gasteiger charge is -2.08. The van der Waals surface area contributed by atoms with Crippen LogP contribution in [0.5, 0.6) is 0 Å². The molecule has 0 aliphatic heterocycles. The van der Waals surface area contributed by atoms with E-state index in [1.54, 1.807) is 6.20 Å². The lowest BCUT2D eigenvalue weighted by atomic mass is 10.2. The van der Waals surface area contributed by atoms with Crippen molar-refractivity contribution in [3.05, 3.63) is 63.1 Å². The lowest BCUT2D eigenvalue weighted by Crippen LogP contribution is -2.23. The minimum absolute atomic E-state index is 0.0887. The molecule has 6 heteroatoms. The van der Waals surface area contributed by atoms with Crippen molar-refractivity contribution in [3.63, 3.8) is 0 Å². The monoisotopic (exact) mass is 242 g/mol. The summed E-state index contributed by atoms with van der Waals surface area (Å²) in [5.41, 5.74) is 1.09. The zero-order valence-corrected chi connectivity index (χ0v) is 9.62. The van der Waals surface area contributed by atoms with E-state index in [2.05, 4.69) is 10.2 Å². The van der Waals surface area contributed by atoms with Crippen LogP contribution in [-0.2, 0) is 0 Å². The summed E-state index contributed by atoms with van der Waals surface area (Å²) in [5, 5.41) is 5.98. The number of nitrogens with one attached hydrogen (secondary N) is 1. The van der Waals surface area contributed by atoms with E-state index in [0.717, 1.165) is 11.3 Å². The van der Waals surface area contributed by atoms with Gasteiger partial charge in [0.25, 0.3) is 0 Å². The van der Waals surface area contributed by atoms with Crippen molar-refractivity contribution in [1.82, 2.24) is 19.2 Å². The number of H-pyrrole nitrogens is 1. The van der Waals surface area contributed by atoms with Crippen molar-refractivity contribution >= 4 is 5.65 Å². The zero-order chi connectivity index (χ0) is 12.7. The van der Waals surface area contributed by atoms with Crippen molar-refractivity contribution in [2.45, 2.75) is 6.92 Å². The molecule has 2 aromatic heterocycles. The van der Waals surface area contributed by atoms with Crippen LogP contribution in [0.3, 0.4) is 0 Å². The molecule has 0 aliphatic rings. The number of aryl methyl sites for hydroxylation is 1. The molecular formula is C12H10N4O2. The van der Waals surface area contributed by atoms with Gasteiger partial charge in [0.1, 0.15) is 0 Å². The van der Waals surface area contributed by atoms with E-state index in [9.17, 15) is 9.59 Å². The number of aromatic nitrogens is 4. The third-order valence-electron chi connectivity index (χ3n) is 2.85. The van der Waals surface area contributed by atoms with Gasteiger partial charge in [-0.2, -0.15) is 0 Å². The van der Waals surface area contributed by atoms with Crippen LogP contribution in [0.25, 0.3) is 11.3 Å². The van der Waals surface area contributed by atoms with Gasteiger partial charge in [0.15, 0.2) is 0 Å². The molecule has 1 aromatic carbocycles. The Labute approximate surface area is 101 Å². The third-order valence-corrected chi connectivity index (χ3v) is 2.85. The first kappa shape index (κ1) is 10.5. The average molecular weight is 242 g/mol. The Hall–Kier alpha value is -2.63. The molecule has 0 saturated heterocycles. The molecule has 1 N–H and O–H groups in total.